The van der Waals surface area contributed by atoms with Crippen LogP contribution in [0.25, 0.3) is 0 Å². The van der Waals surface area contributed by atoms with E-state index >= 15 is 0 Å². The number of piperazine rings is 1. The molecule has 3 heterocycles. The number of benzene rings is 1. The minimum absolute atomic E-state index is 0.133. The molecule has 2 aromatic rings. The highest BCUT2D eigenvalue weighted by Crippen LogP contribution is 2.31. The summed E-state index contributed by atoms with van der Waals surface area (Å²) in [5, 5.41) is 7.17. The van der Waals surface area contributed by atoms with Crippen LogP contribution in [0.5, 0.6) is 0 Å². The number of anilines is 1. The second kappa shape index (κ2) is 9.27. The number of rotatable bonds is 6. The van der Waals surface area contributed by atoms with Crippen LogP contribution in [-0.2, 0) is 22.2 Å². The van der Waals surface area contributed by atoms with E-state index in [-0.39, 0.29) is 5.75 Å². The highest BCUT2D eigenvalue weighted by Gasteiger charge is 2.29. The highest BCUT2D eigenvalue weighted by atomic mass is 32.2. The zero-order chi connectivity index (χ0) is 21.8. The SMILES string of the molecule is CN=C(NCCN1c2ccccc2CC1C)N1CCN(S(=O)(=O)Cc2ccon2)CC1. The second-order valence-corrected chi connectivity index (χ2v) is 9.95. The van der Waals surface area contributed by atoms with E-state index in [1.807, 2.05) is 0 Å². The lowest BCUT2D eigenvalue weighted by atomic mass is 10.1. The Morgan fingerprint density at radius 3 is 2.71 bits per heavy atom. The molecule has 9 nitrogen and oxygen atoms in total. The molecule has 0 saturated carbocycles. The third kappa shape index (κ3) is 4.85. The van der Waals surface area contributed by atoms with Crippen molar-refractivity contribution in [2.75, 3.05) is 51.2 Å². The molecule has 31 heavy (non-hydrogen) atoms. The summed E-state index contributed by atoms with van der Waals surface area (Å²) in [6, 6.07) is 10.6. The van der Waals surface area contributed by atoms with Crippen LogP contribution in [0.15, 0.2) is 46.1 Å². The molecule has 1 atom stereocenters. The number of nitrogens with zero attached hydrogens (tertiary/aromatic N) is 5. The molecule has 4 rings (SSSR count). The van der Waals surface area contributed by atoms with E-state index in [9.17, 15) is 8.42 Å². The summed E-state index contributed by atoms with van der Waals surface area (Å²) in [6.45, 7) is 5.98. The van der Waals surface area contributed by atoms with Gasteiger partial charge in [-0.15, -0.1) is 0 Å². The lowest BCUT2D eigenvalue weighted by Gasteiger charge is -2.36. The molecule has 0 aliphatic carbocycles. The molecular formula is C21H30N6O3S. The van der Waals surface area contributed by atoms with E-state index < -0.39 is 10.0 Å². The minimum Gasteiger partial charge on any atom is -0.367 e. The Morgan fingerprint density at radius 2 is 2.00 bits per heavy atom. The van der Waals surface area contributed by atoms with Gasteiger partial charge in [0, 0.05) is 64.1 Å². The number of aliphatic imine (C=N–C) groups is 1. The lowest BCUT2D eigenvalue weighted by Crippen LogP contribution is -2.54. The molecule has 10 heteroatoms. The number of fused-ring (bicyclic) bond motifs is 1. The summed E-state index contributed by atoms with van der Waals surface area (Å²) in [4.78, 5) is 8.96. The fourth-order valence-electron chi connectivity index (χ4n) is 4.36. The van der Waals surface area contributed by atoms with Crippen molar-refractivity contribution < 1.29 is 12.9 Å². The van der Waals surface area contributed by atoms with Gasteiger partial charge in [-0.2, -0.15) is 4.31 Å². The monoisotopic (exact) mass is 446 g/mol. The molecule has 1 fully saturated rings. The Kier molecular flexibility index (Phi) is 6.47. The quantitative estimate of drug-likeness (QED) is 0.525. The summed E-state index contributed by atoms with van der Waals surface area (Å²) in [7, 11) is -1.64. The summed E-state index contributed by atoms with van der Waals surface area (Å²) in [5.74, 6) is 0.681. The molecule has 1 N–H and O–H groups in total. The van der Waals surface area contributed by atoms with Gasteiger partial charge >= 0.3 is 0 Å². The molecule has 2 aliphatic rings. The molecule has 0 bridgehead atoms. The van der Waals surface area contributed by atoms with Gasteiger partial charge in [0.15, 0.2) is 5.96 Å². The number of hydrogen-bond donors (Lipinski definition) is 1. The van der Waals surface area contributed by atoms with E-state index in [4.69, 9.17) is 4.52 Å². The zero-order valence-electron chi connectivity index (χ0n) is 18.1. The van der Waals surface area contributed by atoms with Crippen molar-refractivity contribution >= 4 is 21.7 Å². The van der Waals surface area contributed by atoms with Crippen molar-refractivity contribution in [1.82, 2.24) is 19.7 Å². The van der Waals surface area contributed by atoms with Crippen molar-refractivity contribution in [2.45, 2.75) is 25.1 Å². The van der Waals surface area contributed by atoms with Gasteiger partial charge in [-0.3, -0.25) is 4.99 Å². The van der Waals surface area contributed by atoms with E-state index in [1.165, 1.54) is 21.8 Å². The summed E-state index contributed by atoms with van der Waals surface area (Å²) in [5.41, 5.74) is 3.15. The maximum atomic E-state index is 12.6. The molecule has 1 aromatic carbocycles. The van der Waals surface area contributed by atoms with Gasteiger partial charge in [0.2, 0.25) is 10.0 Å². The van der Waals surface area contributed by atoms with Gasteiger partial charge in [0.05, 0.1) is 5.69 Å². The van der Waals surface area contributed by atoms with Crippen LogP contribution in [-0.4, -0.2) is 81.1 Å². The smallest absolute Gasteiger partial charge is 0.220 e. The predicted octanol–water partition coefficient (Wildman–Crippen LogP) is 1.15. The Hall–Kier alpha value is -2.59. The molecule has 0 amide bonds. The minimum atomic E-state index is -3.41. The van der Waals surface area contributed by atoms with Crippen LogP contribution in [0.1, 0.15) is 18.2 Å². The normalized spacial score (nSPS) is 20.2. The first-order valence-corrected chi connectivity index (χ1v) is 12.3. The summed E-state index contributed by atoms with van der Waals surface area (Å²) >= 11 is 0. The van der Waals surface area contributed by atoms with Gasteiger partial charge in [-0.1, -0.05) is 23.4 Å². The number of aromatic nitrogens is 1. The third-order valence-corrected chi connectivity index (χ3v) is 7.76. The number of hydrogen-bond acceptors (Lipinski definition) is 6. The van der Waals surface area contributed by atoms with Crippen molar-refractivity contribution in [1.29, 1.82) is 0 Å². The Balaban J connectivity index is 1.27. The second-order valence-electron chi connectivity index (χ2n) is 7.98. The third-order valence-electron chi connectivity index (χ3n) is 5.95. The molecule has 0 spiro atoms. The molecule has 0 radical (unpaired) electrons. The topological polar surface area (TPSA) is 94.3 Å². The number of guanidine groups is 1. The summed E-state index contributed by atoms with van der Waals surface area (Å²) < 4.78 is 31.5. The molecule has 1 aromatic heterocycles. The standard InChI is InChI=1S/C21H30N6O3S/c1-17-15-18-5-3-4-6-20(18)27(17)9-8-23-21(22-2)25-10-12-26(13-11-25)31(28,29)16-19-7-14-30-24-19/h3-7,14,17H,8-13,15-16H2,1-2H3,(H,22,23). The van der Waals surface area contributed by atoms with E-state index in [2.05, 4.69) is 56.5 Å². The Morgan fingerprint density at radius 1 is 1.23 bits per heavy atom. The largest absolute Gasteiger partial charge is 0.367 e. The maximum absolute atomic E-state index is 12.6. The zero-order valence-corrected chi connectivity index (χ0v) is 18.9. The van der Waals surface area contributed by atoms with Crippen LogP contribution in [0, 0.1) is 0 Å². The van der Waals surface area contributed by atoms with Gasteiger partial charge in [-0.05, 0) is 25.0 Å². The lowest BCUT2D eigenvalue weighted by molar-refractivity contribution is 0.260. The number of sulfonamides is 1. The van der Waals surface area contributed by atoms with Gasteiger partial charge in [0.1, 0.15) is 12.0 Å². The van der Waals surface area contributed by atoms with E-state index in [0.717, 1.165) is 25.5 Å². The highest BCUT2D eigenvalue weighted by molar-refractivity contribution is 7.88. The first-order valence-electron chi connectivity index (χ1n) is 10.6. The van der Waals surface area contributed by atoms with Crippen LogP contribution in [0.2, 0.25) is 0 Å². The number of nitrogens with one attached hydrogen (secondary N) is 1. The van der Waals surface area contributed by atoms with E-state index in [0.29, 0.717) is 37.9 Å². The van der Waals surface area contributed by atoms with Crippen LogP contribution < -0.4 is 10.2 Å². The van der Waals surface area contributed by atoms with E-state index in [1.54, 1.807) is 13.1 Å². The first kappa shape index (κ1) is 21.6. The Labute approximate surface area is 183 Å². The molecule has 1 saturated heterocycles. The van der Waals surface area contributed by atoms with Crippen LogP contribution >= 0.6 is 0 Å². The summed E-state index contributed by atoms with van der Waals surface area (Å²) in [6.07, 6.45) is 2.47. The fourth-order valence-corrected chi connectivity index (χ4v) is 5.78. The van der Waals surface area contributed by atoms with Crippen LogP contribution in [0.4, 0.5) is 5.69 Å². The fraction of sp³-hybridized carbons (Fsp3) is 0.524. The Bertz CT molecular complexity index is 1000. The number of para-hydroxylation sites is 1. The molecular weight excluding hydrogens is 416 g/mol. The predicted molar refractivity (Wildman–Crippen MR) is 121 cm³/mol. The average Bonchev–Trinajstić information content (AvgIpc) is 3.38. The van der Waals surface area contributed by atoms with Crippen molar-refractivity contribution in [3.8, 4) is 0 Å². The molecule has 1 unspecified atom stereocenters. The maximum Gasteiger partial charge on any atom is 0.220 e. The van der Waals surface area contributed by atoms with Gasteiger partial charge in [0.25, 0.3) is 0 Å². The van der Waals surface area contributed by atoms with Crippen LogP contribution in [0.3, 0.4) is 0 Å². The van der Waals surface area contributed by atoms with Crippen molar-refractivity contribution in [3.63, 3.8) is 0 Å². The van der Waals surface area contributed by atoms with Gasteiger partial charge in [-0.25, -0.2) is 8.42 Å². The average molecular weight is 447 g/mol. The van der Waals surface area contributed by atoms with Gasteiger partial charge < -0.3 is 19.6 Å². The molecule has 2 aliphatic heterocycles. The molecule has 168 valence electrons. The first-order chi connectivity index (χ1) is 15.0. The van der Waals surface area contributed by atoms with Crippen molar-refractivity contribution in [2.24, 2.45) is 4.99 Å². The van der Waals surface area contributed by atoms with Crippen molar-refractivity contribution in [3.05, 3.63) is 47.9 Å².